The zero-order valence-electron chi connectivity index (χ0n) is 11.8. The van der Waals surface area contributed by atoms with E-state index in [1.54, 1.807) is 18.2 Å². The molecule has 1 aliphatic rings. The number of hydrogen-bond acceptors (Lipinski definition) is 5. The normalized spacial score (nSPS) is 12.7. The SMILES string of the molecule is N#Cc1ccc(-c2ccc3c(c2)OCCO3)n(CCO)c1=O. The van der Waals surface area contributed by atoms with Crippen molar-refractivity contribution in [2.75, 3.05) is 19.8 Å². The van der Waals surface area contributed by atoms with Crippen molar-refractivity contribution in [3.63, 3.8) is 0 Å². The maximum absolute atomic E-state index is 12.2. The molecule has 1 aromatic carbocycles. The smallest absolute Gasteiger partial charge is 0.269 e. The summed E-state index contributed by atoms with van der Waals surface area (Å²) in [6.45, 7) is 0.927. The molecule has 2 aromatic rings. The fourth-order valence-electron chi connectivity index (χ4n) is 2.44. The summed E-state index contributed by atoms with van der Waals surface area (Å²) in [6.07, 6.45) is 0. The molecule has 0 radical (unpaired) electrons. The third-order valence-electron chi connectivity index (χ3n) is 3.46. The fraction of sp³-hybridized carbons (Fsp3) is 0.250. The number of aromatic nitrogens is 1. The summed E-state index contributed by atoms with van der Waals surface area (Å²) < 4.78 is 12.4. The molecule has 6 nitrogen and oxygen atoms in total. The third kappa shape index (κ3) is 2.43. The number of aliphatic hydroxyl groups is 1. The molecule has 0 unspecified atom stereocenters. The predicted octanol–water partition coefficient (Wildman–Crippen LogP) is 1.15. The van der Waals surface area contributed by atoms with Crippen LogP contribution in [0.2, 0.25) is 0 Å². The van der Waals surface area contributed by atoms with Crippen LogP contribution in [0.4, 0.5) is 0 Å². The van der Waals surface area contributed by atoms with Crippen molar-refractivity contribution in [2.24, 2.45) is 0 Å². The first kappa shape index (κ1) is 14.2. The molecule has 0 amide bonds. The molecular weight excluding hydrogens is 284 g/mol. The van der Waals surface area contributed by atoms with Crippen LogP contribution in [0.15, 0.2) is 35.1 Å². The largest absolute Gasteiger partial charge is 0.486 e. The number of benzene rings is 1. The fourth-order valence-corrected chi connectivity index (χ4v) is 2.44. The minimum Gasteiger partial charge on any atom is -0.486 e. The first-order valence-corrected chi connectivity index (χ1v) is 6.89. The van der Waals surface area contributed by atoms with Gasteiger partial charge in [0, 0.05) is 12.1 Å². The molecule has 1 aromatic heterocycles. The van der Waals surface area contributed by atoms with E-state index in [-0.39, 0.29) is 18.7 Å². The van der Waals surface area contributed by atoms with Crippen molar-refractivity contribution in [1.29, 1.82) is 5.26 Å². The van der Waals surface area contributed by atoms with Gasteiger partial charge in [0.2, 0.25) is 0 Å². The average molecular weight is 298 g/mol. The number of rotatable bonds is 3. The number of fused-ring (bicyclic) bond motifs is 1. The monoisotopic (exact) mass is 298 g/mol. The van der Waals surface area contributed by atoms with Gasteiger partial charge in [-0.05, 0) is 30.3 Å². The second-order valence-corrected chi connectivity index (χ2v) is 4.78. The zero-order chi connectivity index (χ0) is 15.5. The summed E-state index contributed by atoms with van der Waals surface area (Å²) in [5.41, 5.74) is 1.02. The van der Waals surface area contributed by atoms with Gasteiger partial charge >= 0.3 is 0 Å². The lowest BCUT2D eigenvalue weighted by Gasteiger charge is -2.20. The Morgan fingerprint density at radius 3 is 2.68 bits per heavy atom. The van der Waals surface area contributed by atoms with Gasteiger partial charge in [-0.25, -0.2) is 0 Å². The summed E-state index contributed by atoms with van der Waals surface area (Å²) >= 11 is 0. The van der Waals surface area contributed by atoms with E-state index in [9.17, 15) is 9.90 Å². The van der Waals surface area contributed by atoms with E-state index in [4.69, 9.17) is 14.7 Å². The van der Waals surface area contributed by atoms with Crippen molar-refractivity contribution in [3.05, 3.63) is 46.2 Å². The number of hydrogen-bond donors (Lipinski definition) is 1. The summed E-state index contributed by atoms with van der Waals surface area (Å²) in [5, 5.41) is 18.2. The van der Waals surface area contributed by atoms with Crippen LogP contribution in [0, 0.1) is 11.3 Å². The molecular formula is C16H14N2O4. The number of ether oxygens (including phenoxy) is 2. The third-order valence-corrected chi connectivity index (χ3v) is 3.46. The second-order valence-electron chi connectivity index (χ2n) is 4.78. The van der Waals surface area contributed by atoms with Crippen LogP contribution in [0.25, 0.3) is 11.3 Å². The van der Waals surface area contributed by atoms with E-state index in [0.29, 0.717) is 30.4 Å². The van der Waals surface area contributed by atoms with Crippen LogP contribution < -0.4 is 15.0 Å². The highest BCUT2D eigenvalue weighted by Gasteiger charge is 2.15. The molecule has 112 valence electrons. The quantitative estimate of drug-likeness (QED) is 0.919. The van der Waals surface area contributed by atoms with E-state index in [2.05, 4.69) is 0 Å². The highest BCUT2D eigenvalue weighted by Crippen LogP contribution is 2.34. The molecule has 0 saturated carbocycles. The van der Waals surface area contributed by atoms with Gasteiger partial charge in [0.05, 0.1) is 12.3 Å². The van der Waals surface area contributed by atoms with Gasteiger partial charge in [0.25, 0.3) is 5.56 Å². The van der Waals surface area contributed by atoms with Crippen LogP contribution in [0.1, 0.15) is 5.56 Å². The van der Waals surface area contributed by atoms with E-state index in [1.807, 2.05) is 12.1 Å². The Kier molecular flexibility index (Phi) is 3.81. The molecule has 0 fully saturated rings. The molecule has 0 aliphatic carbocycles. The maximum atomic E-state index is 12.2. The van der Waals surface area contributed by atoms with Crippen molar-refractivity contribution >= 4 is 0 Å². The van der Waals surface area contributed by atoms with Crippen molar-refractivity contribution in [1.82, 2.24) is 4.57 Å². The summed E-state index contributed by atoms with van der Waals surface area (Å²) in [6, 6.07) is 10.5. The van der Waals surface area contributed by atoms with E-state index < -0.39 is 5.56 Å². The Hall–Kier alpha value is -2.78. The predicted molar refractivity (Wildman–Crippen MR) is 78.9 cm³/mol. The molecule has 0 atom stereocenters. The molecule has 0 saturated heterocycles. The second kappa shape index (κ2) is 5.92. The molecule has 1 aliphatic heterocycles. The molecule has 0 spiro atoms. The molecule has 1 N–H and O–H groups in total. The Labute approximate surface area is 126 Å². The van der Waals surface area contributed by atoms with Crippen molar-refractivity contribution in [2.45, 2.75) is 6.54 Å². The summed E-state index contributed by atoms with van der Waals surface area (Å²) in [4.78, 5) is 12.2. The van der Waals surface area contributed by atoms with Gasteiger partial charge in [-0.15, -0.1) is 0 Å². The Balaban J connectivity index is 2.14. The lowest BCUT2D eigenvalue weighted by molar-refractivity contribution is 0.171. The topological polar surface area (TPSA) is 84.5 Å². The maximum Gasteiger partial charge on any atom is 0.269 e. The summed E-state index contributed by atoms with van der Waals surface area (Å²) in [5.74, 6) is 1.29. The highest BCUT2D eigenvalue weighted by atomic mass is 16.6. The number of nitrogens with zero attached hydrogens (tertiary/aromatic N) is 2. The van der Waals surface area contributed by atoms with E-state index in [1.165, 1.54) is 10.6 Å². The van der Waals surface area contributed by atoms with Crippen molar-refractivity contribution < 1.29 is 14.6 Å². The molecule has 0 bridgehead atoms. The van der Waals surface area contributed by atoms with Gasteiger partial charge in [0.1, 0.15) is 24.8 Å². The van der Waals surface area contributed by atoms with Crippen molar-refractivity contribution in [3.8, 4) is 28.8 Å². The number of pyridine rings is 1. The van der Waals surface area contributed by atoms with Crippen LogP contribution >= 0.6 is 0 Å². The van der Waals surface area contributed by atoms with Gasteiger partial charge in [-0.3, -0.25) is 4.79 Å². The van der Waals surface area contributed by atoms with Gasteiger partial charge in [-0.1, -0.05) is 0 Å². The Morgan fingerprint density at radius 2 is 1.95 bits per heavy atom. The van der Waals surface area contributed by atoms with Gasteiger partial charge < -0.3 is 19.1 Å². The van der Waals surface area contributed by atoms with E-state index >= 15 is 0 Å². The first-order chi connectivity index (χ1) is 10.7. The van der Waals surface area contributed by atoms with Gasteiger partial charge in [-0.2, -0.15) is 5.26 Å². The summed E-state index contributed by atoms with van der Waals surface area (Å²) in [7, 11) is 0. The standard InChI is InChI=1S/C16H14N2O4/c17-10-12-1-3-13(18(5-6-19)16(12)20)11-2-4-14-15(9-11)22-8-7-21-14/h1-4,9,19H,5-8H2. The lowest BCUT2D eigenvalue weighted by Crippen LogP contribution is -2.25. The highest BCUT2D eigenvalue weighted by molar-refractivity contribution is 5.65. The average Bonchev–Trinajstić information content (AvgIpc) is 2.56. The Bertz CT molecular complexity index is 805. The number of nitriles is 1. The lowest BCUT2D eigenvalue weighted by atomic mass is 10.1. The Morgan fingerprint density at radius 1 is 1.18 bits per heavy atom. The molecule has 3 rings (SSSR count). The minimum atomic E-state index is -0.413. The first-order valence-electron chi connectivity index (χ1n) is 6.89. The zero-order valence-corrected chi connectivity index (χ0v) is 11.8. The van der Waals surface area contributed by atoms with E-state index in [0.717, 1.165) is 5.56 Å². The minimum absolute atomic E-state index is 0.0507. The molecule has 6 heteroatoms. The molecule has 22 heavy (non-hydrogen) atoms. The van der Waals surface area contributed by atoms with Crippen LogP contribution in [-0.2, 0) is 6.54 Å². The molecule has 2 heterocycles. The van der Waals surface area contributed by atoms with Crippen LogP contribution in [0.5, 0.6) is 11.5 Å². The van der Waals surface area contributed by atoms with Gasteiger partial charge in [0.15, 0.2) is 11.5 Å². The van der Waals surface area contributed by atoms with Crippen LogP contribution in [0.3, 0.4) is 0 Å². The van der Waals surface area contributed by atoms with Crippen LogP contribution in [-0.4, -0.2) is 29.5 Å². The number of aliphatic hydroxyl groups excluding tert-OH is 1.